The van der Waals surface area contributed by atoms with Crippen LogP contribution in [-0.4, -0.2) is 29.1 Å². The summed E-state index contributed by atoms with van der Waals surface area (Å²) in [4.78, 5) is 10.8. The van der Waals surface area contributed by atoms with E-state index in [9.17, 15) is 0 Å². The van der Waals surface area contributed by atoms with Gasteiger partial charge in [-0.2, -0.15) is 4.98 Å². The minimum atomic E-state index is 0.263. The van der Waals surface area contributed by atoms with Gasteiger partial charge in [-0.25, -0.2) is 4.98 Å². The Morgan fingerprint density at radius 1 is 1.22 bits per heavy atom. The lowest BCUT2D eigenvalue weighted by molar-refractivity contribution is 0.514. The average molecular weight is 245 g/mol. The fourth-order valence-electron chi connectivity index (χ4n) is 2.55. The average Bonchev–Trinajstić information content (AvgIpc) is 2.35. The zero-order chi connectivity index (χ0) is 12.5. The summed E-state index contributed by atoms with van der Waals surface area (Å²) in [7, 11) is 0. The van der Waals surface area contributed by atoms with Crippen LogP contribution in [0, 0.1) is 0 Å². The van der Waals surface area contributed by atoms with Crippen LogP contribution in [0.5, 0.6) is 0 Å². The second-order valence-corrected chi connectivity index (χ2v) is 5.11. The molecule has 4 N–H and O–H groups in total. The van der Waals surface area contributed by atoms with Crippen LogP contribution in [0.4, 0.5) is 11.8 Å². The molecule has 3 rings (SSSR count). The van der Waals surface area contributed by atoms with E-state index >= 15 is 0 Å². The molecule has 1 aromatic heterocycles. The quantitative estimate of drug-likeness (QED) is 0.817. The number of hydrogen-bond acceptors (Lipinski definition) is 5. The van der Waals surface area contributed by atoms with Gasteiger partial charge in [-0.05, 0) is 31.3 Å². The Labute approximate surface area is 107 Å². The van der Waals surface area contributed by atoms with Crippen molar-refractivity contribution >= 4 is 17.3 Å². The summed E-state index contributed by atoms with van der Waals surface area (Å²) in [5.41, 5.74) is 13.9. The van der Waals surface area contributed by atoms with Crippen molar-refractivity contribution in [3.63, 3.8) is 0 Å². The first-order valence-electron chi connectivity index (χ1n) is 6.57. The van der Waals surface area contributed by atoms with Crippen molar-refractivity contribution in [2.24, 2.45) is 5.73 Å². The number of aromatic nitrogens is 2. The molecular weight excluding hydrogens is 226 g/mol. The molecule has 5 heteroatoms. The van der Waals surface area contributed by atoms with Crippen LogP contribution in [0.1, 0.15) is 31.4 Å². The number of anilines is 2. The van der Waals surface area contributed by atoms with E-state index in [1.807, 2.05) is 6.07 Å². The summed E-state index contributed by atoms with van der Waals surface area (Å²) >= 11 is 0. The van der Waals surface area contributed by atoms with E-state index in [1.165, 1.54) is 18.4 Å². The summed E-state index contributed by atoms with van der Waals surface area (Å²) in [5.74, 6) is 1.26. The molecule has 0 radical (unpaired) electrons. The molecule has 1 fully saturated rings. The molecule has 1 aliphatic heterocycles. The van der Waals surface area contributed by atoms with E-state index < -0.39 is 0 Å². The number of nitrogens with two attached hydrogens (primary N) is 2. The number of nitrogens with zero attached hydrogens (tertiary/aromatic N) is 3. The Hall–Kier alpha value is -1.62. The fourth-order valence-corrected chi connectivity index (χ4v) is 2.55. The number of rotatable bonds is 2. The number of nitrogen functional groups attached to an aromatic ring is 1. The molecule has 18 heavy (non-hydrogen) atoms. The largest absolute Gasteiger partial charge is 0.368 e. The molecule has 5 nitrogen and oxygen atoms in total. The van der Waals surface area contributed by atoms with Crippen LogP contribution in [0.25, 0.3) is 5.57 Å². The Kier molecular flexibility index (Phi) is 2.91. The molecule has 0 saturated carbocycles. The predicted octanol–water partition coefficient (Wildman–Crippen LogP) is 1.16. The van der Waals surface area contributed by atoms with Gasteiger partial charge in [-0.3, -0.25) is 0 Å². The predicted molar refractivity (Wildman–Crippen MR) is 73.1 cm³/mol. The van der Waals surface area contributed by atoms with Crippen molar-refractivity contribution < 1.29 is 0 Å². The summed E-state index contributed by atoms with van der Waals surface area (Å²) < 4.78 is 0. The monoisotopic (exact) mass is 245 g/mol. The first kappa shape index (κ1) is 11.5. The highest BCUT2D eigenvalue weighted by atomic mass is 15.3. The zero-order valence-corrected chi connectivity index (χ0v) is 10.5. The van der Waals surface area contributed by atoms with Crippen molar-refractivity contribution in [1.82, 2.24) is 9.97 Å². The second kappa shape index (κ2) is 4.57. The maximum atomic E-state index is 5.81. The summed E-state index contributed by atoms with van der Waals surface area (Å²) in [6, 6.07) is 2.30. The second-order valence-electron chi connectivity index (χ2n) is 5.11. The van der Waals surface area contributed by atoms with Crippen LogP contribution < -0.4 is 16.4 Å². The van der Waals surface area contributed by atoms with Crippen LogP contribution in [-0.2, 0) is 0 Å². The van der Waals surface area contributed by atoms with Gasteiger partial charge >= 0.3 is 0 Å². The van der Waals surface area contributed by atoms with E-state index in [-0.39, 0.29) is 6.04 Å². The Morgan fingerprint density at radius 3 is 2.72 bits per heavy atom. The van der Waals surface area contributed by atoms with Crippen LogP contribution >= 0.6 is 0 Å². The van der Waals surface area contributed by atoms with Crippen LogP contribution in [0.15, 0.2) is 12.1 Å². The van der Waals surface area contributed by atoms with Gasteiger partial charge in [0.25, 0.3) is 0 Å². The molecule has 1 saturated heterocycles. The van der Waals surface area contributed by atoms with E-state index in [2.05, 4.69) is 20.9 Å². The van der Waals surface area contributed by atoms with Crippen LogP contribution in [0.3, 0.4) is 0 Å². The van der Waals surface area contributed by atoms with Gasteiger partial charge in [0.1, 0.15) is 5.82 Å². The van der Waals surface area contributed by atoms with Gasteiger partial charge in [0.15, 0.2) is 0 Å². The first-order valence-corrected chi connectivity index (χ1v) is 6.57. The smallest absolute Gasteiger partial charge is 0.222 e. The molecule has 2 aliphatic rings. The molecule has 0 atom stereocenters. The molecule has 1 aromatic rings. The molecular formula is C13H19N5. The zero-order valence-electron chi connectivity index (χ0n) is 10.5. The van der Waals surface area contributed by atoms with E-state index in [0.717, 1.165) is 37.4 Å². The van der Waals surface area contributed by atoms with Crippen molar-refractivity contribution in [1.29, 1.82) is 0 Å². The molecule has 0 amide bonds. The standard InChI is InChI=1S/C13H19N5/c14-10-7-18(8-10)12-6-11(16-13(15)17-12)9-4-2-1-3-5-9/h4,6,10H,1-3,5,7-8,14H2,(H2,15,16,17). The van der Waals surface area contributed by atoms with Crippen LogP contribution in [0.2, 0.25) is 0 Å². The lowest BCUT2D eigenvalue weighted by Gasteiger charge is -2.38. The van der Waals surface area contributed by atoms with Gasteiger partial charge in [-0.1, -0.05) is 6.08 Å². The Balaban J connectivity index is 1.88. The van der Waals surface area contributed by atoms with Gasteiger partial charge in [-0.15, -0.1) is 0 Å². The molecule has 0 spiro atoms. The first-order chi connectivity index (χ1) is 8.72. The molecule has 96 valence electrons. The minimum Gasteiger partial charge on any atom is -0.368 e. The summed E-state index contributed by atoms with van der Waals surface area (Å²) in [6.45, 7) is 1.71. The summed E-state index contributed by atoms with van der Waals surface area (Å²) in [6.07, 6.45) is 7.02. The molecule has 0 bridgehead atoms. The van der Waals surface area contributed by atoms with Gasteiger partial charge < -0.3 is 16.4 Å². The highest BCUT2D eigenvalue weighted by Crippen LogP contribution is 2.28. The third-order valence-corrected chi connectivity index (χ3v) is 3.58. The van der Waals surface area contributed by atoms with Gasteiger partial charge in [0, 0.05) is 25.2 Å². The fraction of sp³-hybridized carbons (Fsp3) is 0.538. The number of hydrogen-bond donors (Lipinski definition) is 2. The molecule has 2 heterocycles. The lowest BCUT2D eigenvalue weighted by atomic mass is 9.97. The maximum Gasteiger partial charge on any atom is 0.222 e. The SMILES string of the molecule is Nc1nc(C2=CCCCC2)cc(N2CC(N)C2)n1. The number of allylic oxidation sites excluding steroid dienone is 2. The lowest BCUT2D eigenvalue weighted by Crippen LogP contribution is -2.56. The normalized spacial score (nSPS) is 20.5. The van der Waals surface area contributed by atoms with Crippen molar-refractivity contribution in [3.05, 3.63) is 17.8 Å². The Morgan fingerprint density at radius 2 is 2.06 bits per heavy atom. The maximum absolute atomic E-state index is 5.81. The van der Waals surface area contributed by atoms with Gasteiger partial charge in [0.05, 0.1) is 5.69 Å². The van der Waals surface area contributed by atoms with E-state index in [1.54, 1.807) is 0 Å². The van der Waals surface area contributed by atoms with E-state index in [0.29, 0.717) is 5.95 Å². The highest BCUT2D eigenvalue weighted by Gasteiger charge is 2.25. The van der Waals surface area contributed by atoms with Gasteiger partial charge in [0.2, 0.25) is 5.95 Å². The topological polar surface area (TPSA) is 81.1 Å². The highest BCUT2D eigenvalue weighted by molar-refractivity contribution is 5.67. The molecule has 1 aliphatic carbocycles. The van der Waals surface area contributed by atoms with Crippen molar-refractivity contribution in [3.8, 4) is 0 Å². The van der Waals surface area contributed by atoms with Crippen molar-refractivity contribution in [2.75, 3.05) is 23.7 Å². The van der Waals surface area contributed by atoms with E-state index in [4.69, 9.17) is 11.5 Å². The minimum absolute atomic E-state index is 0.263. The Bertz CT molecular complexity index is 476. The molecule has 0 aromatic carbocycles. The third-order valence-electron chi connectivity index (χ3n) is 3.58. The molecule has 0 unspecified atom stereocenters. The summed E-state index contributed by atoms with van der Waals surface area (Å²) in [5, 5.41) is 0. The van der Waals surface area contributed by atoms with Crippen molar-refractivity contribution in [2.45, 2.75) is 31.7 Å². The third kappa shape index (κ3) is 2.18.